The van der Waals surface area contributed by atoms with Crippen LogP contribution in [0.3, 0.4) is 0 Å². The van der Waals surface area contributed by atoms with Crippen LogP contribution in [-0.2, 0) is 23.7 Å². The number of rotatable bonds is 15. The zero-order chi connectivity index (χ0) is 33.7. The number of imidazole rings is 1. The molecule has 2 aliphatic rings. The van der Waals surface area contributed by atoms with E-state index >= 15 is 0 Å². The van der Waals surface area contributed by atoms with Gasteiger partial charge in [-0.3, -0.25) is 33.6 Å². The van der Waals surface area contributed by atoms with E-state index in [1.54, 1.807) is 6.92 Å². The first-order valence-corrected chi connectivity index (χ1v) is 15.0. The molecule has 2 saturated heterocycles. The highest BCUT2D eigenvalue weighted by atomic mass is 16.6. The Morgan fingerprint density at radius 1 is 1.00 bits per heavy atom. The van der Waals surface area contributed by atoms with E-state index in [1.807, 2.05) is 4.90 Å². The maximum absolute atomic E-state index is 12.4. The first-order valence-electron chi connectivity index (χ1n) is 15.0. The standard InChI is InChI=1S/C27H40N8O12/c1-15-8-34(26(42)32-22(15)40)17-9-33(11-27(12-36,13-37)47-17)2-3-43-4-5-44-6-7-45-10-16-19(38)20(39)24(46-16)35-14-29-18-21(35)30-25(28)31-23(18)41/h8,14,16-17,19-20,24,36-39H,2-7,9-13H2,1H3,(H,32,40,42)(H3,28,30,31,41)/t16-,17-,19-,20-,24-/m1/s1. The monoisotopic (exact) mass is 668 g/mol. The number of aliphatic hydroxyl groups excluding tert-OH is 4. The van der Waals surface area contributed by atoms with Crippen molar-refractivity contribution in [3.8, 4) is 0 Å². The summed E-state index contributed by atoms with van der Waals surface area (Å²) < 4.78 is 31.0. The van der Waals surface area contributed by atoms with Gasteiger partial charge in [-0.25, -0.2) is 9.78 Å². The molecule has 20 heteroatoms. The summed E-state index contributed by atoms with van der Waals surface area (Å²) in [5.74, 6) is -0.127. The van der Waals surface area contributed by atoms with E-state index in [1.165, 1.54) is 21.7 Å². The van der Waals surface area contributed by atoms with Gasteiger partial charge in [-0.1, -0.05) is 0 Å². The van der Waals surface area contributed by atoms with Gasteiger partial charge in [0.05, 0.1) is 59.2 Å². The molecule has 5 atom stereocenters. The number of anilines is 1. The van der Waals surface area contributed by atoms with Gasteiger partial charge >= 0.3 is 5.69 Å². The zero-order valence-corrected chi connectivity index (χ0v) is 25.7. The Morgan fingerprint density at radius 2 is 1.70 bits per heavy atom. The van der Waals surface area contributed by atoms with Gasteiger partial charge in [-0.15, -0.1) is 0 Å². The predicted octanol–water partition coefficient (Wildman–Crippen LogP) is -4.22. The molecule has 0 bridgehead atoms. The summed E-state index contributed by atoms with van der Waals surface area (Å²) in [6, 6.07) is 0. The Morgan fingerprint density at radius 3 is 2.43 bits per heavy atom. The lowest BCUT2D eigenvalue weighted by Gasteiger charge is -2.44. The van der Waals surface area contributed by atoms with Crippen molar-refractivity contribution in [2.45, 2.75) is 43.3 Å². The quantitative estimate of drug-likeness (QED) is 0.0756. The molecule has 3 aromatic rings. The van der Waals surface area contributed by atoms with Gasteiger partial charge in [0.1, 0.15) is 23.9 Å². The minimum atomic E-state index is -1.33. The largest absolute Gasteiger partial charge is 0.393 e. The summed E-state index contributed by atoms with van der Waals surface area (Å²) in [6.07, 6.45) is -2.72. The van der Waals surface area contributed by atoms with E-state index in [-0.39, 0.29) is 63.2 Å². The molecule has 3 aromatic heterocycles. The van der Waals surface area contributed by atoms with Crippen molar-refractivity contribution in [3.63, 3.8) is 0 Å². The van der Waals surface area contributed by atoms with Crippen molar-refractivity contribution < 1.29 is 44.1 Å². The summed E-state index contributed by atoms with van der Waals surface area (Å²) >= 11 is 0. The number of nitrogen functional groups attached to an aromatic ring is 1. The number of aromatic nitrogens is 6. The lowest BCUT2D eigenvalue weighted by Crippen LogP contribution is -2.59. The van der Waals surface area contributed by atoms with Gasteiger partial charge < -0.3 is 49.8 Å². The minimum absolute atomic E-state index is 0.0150. The molecule has 5 rings (SSSR count). The third-order valence-corrected chi connectivity index (χ3v) is 7.98. The first-order chi connectivity index (χ1) is 22.6. The Balaban J connectivity index is 0.997. The van der Waals surface area contributed by atoms with Crippen LogP contribution in [0.1, 0.15) is 18.0 Å². The summed E-state index contributed by atoms with van der Waals surface area (Å²) in [7, 11) is 0. The summed E-state index contributed by atoms with van der Waals surface area (Å²) in [4.78, 5) is 50.8. The maximum atomic E-state index is 12.4. The lowest BCUT2D eigenvalue weighted by atomic mass is 10.0. The van der Waals surface area contributed by atoms with Crippen LogP contribution in [0.2, 0.25) is 0 Å². The van der Waals surface area contributed by atoms with Crippen LogP contribution in [0, 0.1) is 6.92 Å². The Hall–Kier alpha value is -3.57. The molecule has 0 aromatic carbocycles. The van der Waals surface area contributed by atoms with Gasteiger partial charge in [-0.05, 0) is 6.92 Å². The van der Waals surface area contributed by atoms with Crippen molar-refractivity contribution in [1.29, 1.82) is 0 Å². The molecule has 8 N–H and O–H groups in total. The molecule has 0 saturated carbocycles. The van der Waals surface area contributed by atoms with E-state index in [2.05, 4.69) is 19.9 Å². The molecule has 260 valence electrons. The number of nitrogens with one attached hydrogen (secondary N) is 2. The number of hydrogen-bond donors (Lipinski definition) is 7. The van der Waals surface area contributed by atoms with Crippen molar-refractivity contribution in [2.75, 3.05) is 78.2 Å². The molecule has 0 amide bonds. The number of aromatic amines is 2. The lowest BCUT2D eigenvalue weighted by molar-refractivity contribution is -0.215. The normalized spacial score (nSPS) is 24.7. The first kappa shape index (κ1) is 34.8. The van der Waals surface area contributed by atoms with E-state index in [0.717, 1.165) is 0 Å². The fourth-order valence-corrected chi connectivity index (χ4v) is 5.45. The van der Waals surface area contributed by atoms with Crippen molar-refractivity contribution in [2.24, 2.45) is 0 Å². The third-order valence-electron chi connectivity index (χ3n) is 7.98. The summed E-state index contributed by atoms with van der Waals surface area (Å²) in [6.45, 7) is 2.68. The molecule has 2 fully saturated rings. The number of H-pyrrole nitrogens is 2. The Bertz CT molecular complexity index is 1670. The second kappa shape index (κ2) is 15.1. The maximum Gasteiger partial charge on any atom is 0.330 e. The molecule has 47 heavy (non-hydrogen) atoms. The fraction of sp³-hybridized carbons (Fsp3) is 0.667. The summed E-state index contributed by atoms with van der Waals surface area (Å²) in [5, 5.41) is 40.9. The fourth-order valence-electron chi connectivity index (χ4n) is 5.45. The van der Waals surface area contributed by atoms with Crippen molar-refractivity contribution >= 4 is 17.1 Å². The molecule has 0 spiro atoms. The van der Waals surface area contributed by atoms with Crippen LogP contribution in [0.25, 0.3) is 11.2 Å². The molecule has 0 aliphatic carbocycles. The highest BCUT2D eigenvalue weighted by Gasteiger charge is 2.44. The van der Waals surface area contributed by atoms with Crippen LogP contribution in [-0.4, -0.2) is 151 Å². The van der Waals surface area contributed by atoms with E-state index in [0.29, 0.717) is 18.7 Å². The predicted molar refractivity (Wildman–Crippen MR) is 160 cm³/mol. The van der Waals surface area contributed by atoms with Gasteiger partial charge in [0.25, 0.3) is 11.1 Å². The van der Waals surface area contributed by atoms with E-state index in [4.69, 9.17) is 29.4 Å². The van der Waals surface area contributed by atoms with Crippen LogP contribution < -0.4 is 22.5 Å². The minimum Gasteiger partial charge on any atom is -0.393 e. The van der Waals surface area contributed by atoms with Crippen LogP contribution >= 0.6 is 0 Å². The molecule has 5 heterocycles. The van der Waals surface area contributed by atoms with Crippen LogP contribution in [0.4, 0.5) is 5.95 Å². The third kappa shape index (κ3) is 7.78. The van der Waals surface area contributed by atoms with Crippen molar-refractivity contribution in [3.05, 3.63) is 49.3 Å². The van der Waals surface area contributed by atoms with E-state index < -0.39 is 66.4 Å². The van der Waals surface area contributed by atoms with Crippen LogP contribution in [0.5, 0.6) is 0 Å². The number of morpholine rings is 1. The number of hydrogen-bond acceptors (Lipinski definition) is 16. The SMILES string of the molecule is Cc1cn([C@H]2CN(CCOCCOCCOC[C@H]3O[C@@H](n4cnc5c(=O)[nH]c(N)nc54)[C@H](O)[C@@H]3O)CC(CO)(CO)O2)c(=O)[nH]c1=O. The van der Waals surface area contributed by atoms with Gasteiger partial charge in [0.15, 0.2) is 23.6 Å². The number of aliphatic hydroxyl groups is 4. The van der Waals surface area contributed by atoms with E-state index in [9.17, 15) is 34.8 Å². The number of fused-ring (bicyclic) bond motifs is 1. The number of nitrogens with zero attached hydrogens (tertiary/aromatic N) is 5. The highest BCUT2D eigenvalue weighted by Crippen LogP contribution is 2.31. The average Bonchev–Trinajstić information content (AvgIpc) is 3.59. The van der Waals surface area contributed by atoms with Gasteiger partial charge in [0.2, 0.25) is 5.95 Å². The number of ether oxygens (including phenoxy) is 5. The molecule has 2 aliphatic heterocycles. The second-order valence-electron chi connectivity index (χ2n) is 11.4. The average molecular weight is 669 g/mol. The Kier molecular flexibility index (Phi) is 11.2. The van der Waals surface area contributed by atoms with Gasteiger partial charge in [-0.2, -0.15) is 4.98 Å². The Labute approximate surface area is 266 Å². The molecular formula is C27H40N8O12. The molecular weight excluding hydrogens is 628 g/mol. The number of nitrogens with two attached hydrogens (primary N) is 1. The topological polar surface area (TPSA) is 275 Å². The van der Waals surface area contributed by atoms with Crippen LogP contribution in [0.15, 0.2) is 26.9 Å². The smallest absolute Gasteiger partial charge is 0.330 e. The molecule has 0 unspecified atom stereocenters. The highest BCUT2D eigenvalue weighted by molar-refractivity contribution is 5.70. The number of aryl methyl sites for hydroxylation is 1. The molecule has 0 radical (unpaired) electrons. The van der Waals surface area contributed by atoms with Crippen molar-refractivity contribution in [1.82, 2.24) is 34.0 Å². The van der Waals surface area contributed by atoms with Gasteiger partial charge in [0, 0.05) is 31.4 Å². The zero-order valence-electron chi connectivity index (χ0n) is 25.7. The molecule has 20 nitrogen and oxygen atoms in total. The second-order valence-corrected chi connectivity index (χ2v) is 11.4. The summed E-state index contributed by atoms with van der Waals surface area (Å²) in [5.41, 5.74) is 3.05.